The predicted octanol–water partition coefficient (Wildman–Crippen LogP) is 1.39. The number of likely N-dealkylation sites (tertiary alicyclic amines) is 1. The third kappa shape index (κ3) is 2.27. The zero-order valence-electron chi connectivity index (χ0n) is 14.5. The lowest BCUT2D eigenvalue weighted by Crippen LogP contribution is -2.49. The molecule has 1 saturated heterocycles. The Labute approximate surface area is 149 Å². The average Bonchev–Trinajstić information content (AvgIpc) is 3.02. The molecule has 2 aliphatic heterocycles. The average molecular weight is 349 g/mol. The third-order valence-electron chi connectivity index (χ3n) is 5.61. The van der Waals surface area contributed by atoms with E-state index in [1.807, 2.05) is 34.7 Å². The highest BCUT2D eigenvalue weighted by atomic mass is 16.2. The Kier molecular flexibility index (Phi) is 3.25. The van der Waals surface area contributed by atoms with E-state index >= 15 is 0 Å². The number of aromatic nitrogens is 4. The highest BCUT2D eigenvalue weighted by Gasteiger charge is 2.36. The summed E-state index contributed by atoms with van der Waals surface area (Å²) in [5, 5.41) is 4.19. The number of pyridine rings is 2. The molecular weight excluding hydrogens is 330 g/mol. The number of carbonyl (C=O) groups is 1. The molecule has 0 saturated carbocycles. The molecule has 0 spiro atoms. The number of nitrogens with zero attached hydrogens (tertiary/aromatic N) is 5. The smallest absolute Gasteiger partial charge is 0.255 e. The maximum absolute atomic E-state index is 13.1. The van der Waals surface area contributed by atoms with E-state index in [0.717, 1.165) is 23.1 Å². The highest BCUT2D eigenvalue weighted by molar-refractivity contribution is 5.96. The van der Waals surface area contributed by atoms with Gasteiger partial charge in [-0.15, -0.1) is 0 Å². The number of amides is 1. The van der Waals surface area contributed by atoms with Gasteiger partial charge in [0.25, 0.3) is 11.5 Å². The fourth-order valence-corrected chi connectivity index (χ4v) is 4.39. The van der Waals surface area contributed by atoms with Crippen LogP contribution in [-0.4, -0.2) is 43.2 Å². The topological polar surface area (TPSA) is 73.0 Å². The molecule has 5 heterocycles. The van der Waals surface area contributed by atoms with E-state index in [0.29, 0.717) is 31.1 Å². The van der Waals surface area contributed by atoms with Crippen molar-refractivity contribution in [3.8, 4) is 0 Å². The van der Waals surface area contributed by atoms with E-state index in [1.165, 1.54) is 0 Å². The first-order valence-corrected chi connectivity index (χ1v) is 8.87. The van der Waals surface area contributed by atoms with Crippen LogP contribution in [0.4, 0.5) is 0 Å². The molecule has 26 heavy (non-hydrogen) atoms. The molecule has 132 valence electrons. The summed E-state index contributed by atoms with van der Waals surface area (Å²) in [6, 6.07) is 7.30. The van der Waals surface area contributed by atoms with Crippen molar-refractivity contribution in [2.75, 3.05) is 13.1 Å². The minimum atomic E-state index is 0.00188. The van der Waals surface area contributed by atoms with Gasteiger partial charge in [-0.1, -0.05) is 6.07 Å². The summed E-state index contributed by atoms with van der Waals surface area (Å²) in [5.74, 6) is 0.537. The first-order chi connectivity index (χ1) is 12.6. The number of aryl methyl sites for hydroxylation is 1. The highest BCUT2D eigenvalue weighted by Crippen LogP contribution is 2.35. The predicted molar refractivity (Wildman–Crippen MR) is 96.0 cm³/mol. The van der Waals surface area contributed by atoms with E-state index in [9.17, 15) is 9.59 Å². The van der Waals surface area contributed by atoms with Crippen molar-refractivity contribution in [3.05, 3.63) is 58.3 Å². The summed E-state index contributed by atoms with van der Waals surface area (Å²) in [5.41, 5.74) is 3.33. The zero-order valence-corrected chi connectivity index (χ0v) is 14.5. The van der Waals surface area contributed by atoms with E-state index in [2.05, 4.69) is 10.1 Å². The lowest BCUT2D eigenvalue weighted by atomic mass is 9.83. The molecule has 5 rings (SSSR count). The van der Waals surface area contributed by atoms with Crippen LogP contribution in [0.5, 0.6) is 0 Å². The van der Waals surface area contributed by atoms with Gasteiger partial charge in [0.15, 0.2) is 0 Å². The molecule has 7 nitrogen and oxygen atoms in total. The van der Waals surface area contributed by atoms with Crippen LogP contribution in [0.15, 0.2) is 41.5 Å². The standard InChI is InChI=1S/C19H19N5O2/c1-22-17-6-13(7-20-15(17)8-21-22)19(26)23-9-12-5-14(11-23)16-3-2-4-18(25)24(16)10-12/h2-4,6-8,12,14H,5,9-11H2,1H3/t12-,14+/m0/s1. The molecule has 0 aliphatic carbocycles. The summed E-state index contributed by atoms with van der Waals surface area (Å²) in [6.45, 7) is 2.01. The van der Waals surface area contributed by atoms with Gasteiger partial charge in [0.1, 0.15) is 5.52 Å². The molecule has 7 heteroatoms. The van der Waals surface area contributed by atoms with Gasteiger partial charge in [0.2, 0.25) is 0 Å². The molecule has 0 unspecified atom stereocenters. The van der Waals surface area contributed by atoms with E-state index in [-0.39, 0.29) is 17.4 Å². The number of hydrogen-bond donors (Lipinski definition) is 0. The second kappa shape index (κ2) is 5.52. The van der Waals surface area contributed by atoms with Crippen LogP contribution in [0.3, 0.4) is 0 Å². The lowest BCUT2D eigenvalue weighted by molar-refractivity contribution is 0.0594. The molecule has 1 amide bonds. The maximum Gasteiger partial charge on any atom is 0.255 e. The molecule has 2 aliphatic rings. The molecule has 0 aromatic carbocycles. The van der Waals surface area contributed by atoms with Crippen molar-refractivity contribution in [1.29, 1.82) is 0 Å². The fraction of sp³-hybridized carbons (Fsp3) is 0.368. The minimum Gasteiger partial charge on any atom is -0.338 e. The summed E-state index contributed by atoms with van der Waals surface area (Å²) >= 11 is 0. The second-order valence-electron chi connectivity index (χ2n) is 7.30. The van der Waals surface area contributed by atoms with Gasteiger partial charge in [0, 0.05) is 50.6 Å². The fourth-order valence-electron chi connectivity index (χ4n) is 4.39. The molecule has 0 N–H and O–H groups in total. The molecular formula is C19H19N5O2. The van der Waals surface area contributed by atoms with Crippen molar-refractivity contribution in [3.63, 3.8) is 0 Å². The number of rotatable bonds is 1. The summed E-state index contributed by atoms with van der Waals surface area (Å²) in [4.78, 5) is 31.5. The Hall–Kier alpha value is -2.96. The van der Waals surface area contributed by atoms with E-state index < -0.39 is 0 Å². The molecule has 1 fully saturated rings. The Morgan fingerprint density at radius 3 is 2.96 bits per heavy atom. The molecule has 3 aromatic rings. The second-order valence-corrected chi connectivity index (χ2v) is 7.30. The van der Waals surface area contributed by atoms with Crippen LogP contribution in [0, 0.1) is 5.92 Å². The van der Waals surface area contributed by atoms with Crippen LogP contribution in [0.1, 0.15) is 28.4 Å². The van der Waals surface area contributed by atoms with Crippen molar-refractivity contribution >= 4 is 16.9 Å². The van der Waals surface area contributed by atoms with E-state index in [4.69, 9.17) is 0 Å². The van der Waals surface area contributed by atoms with Crippen LogP contribution in [0.25, 0.3) is 11.0 Å². The summed E-state index contributed by atoms with van der Waals surface area (Å²) in [6.07, 6.45) is 4.37. The Morgan fingerprint density at radius 1 is 1.19 bits per heavy atom. The van der Waals surface area contributed by atoms with Crippen LogP contribution in [0.2, 0.25) is 0 Å². The number of hydrogen-bond acceptors (Lipinski definition) is 4. The molecule has 0 radical (unpaired) electrons. The first kappa shape index (κ1) is 15.3. The minimum absolute atomic E-state index is 0.00188. The summed E-state index contributed by atoms with van der Waals surface area (Å²) in [7, 11) is 1.85. The number of carbonyl (C=O) groups excluding carboxylic acids is 1. The quantitative estimate of drug-likeness (QED) is 0.665. The normalized spacial score (nSPS) is 21.7. The van der Waals surface area contributed by atoms with Crippen LogP contribution in [-0.2, 0) is 13.6 Å². The van der Waals surface area contributed by atoms with Crippen LogP contribution >= 0.6 is 0 Å². The van der Waals surface area contributed by atoms with Gasteiger partial charge in [-0.3, -0.25) is 19.3 Å². The number of piperidine rings is 1. The van der Waals surface area contributed by atoms with Gasteiger partial charge in [-0.25, -0.2) is 0 Å². The molecule has 3 aromatic heterocycles. The maximum atomic E-state index is 13.1. The van der Waals surface area contributed by atoms with E-state index in [1.54, 1.807) is 23.1 Å². The molecule has 2 bridgehead atoms. The lowest BCUT2D eigenvalue weighted by Gasteiger charge is -2.42. The van der Waals surface area contributed by atoms with Gasteiger partial charge in [0.05, 0.1) is 17.3 Å². The Balaban J connectivity index is 1.47. The number of fused-ring (bicyclic) bond motifs is 5. The SMILES string of the molecule is Cn1ncc2ncc(C(=O)N3C[C@@H]4C[C@H](C3)c3cccc(=O)n3C4)cc21. The van der Waals surface area contributed by atoms with Crippen LogP contribution < -0.4 is 5.56 Å². The summed E-state index contributed by atoms with van der Waals surface area (Å²) < 4.78 is 3.61. The van der Waals surface area contributed by atoms with Gasteiger partial charge < -0.3 is 9.47 Å². The van der Waals surface area contributed by atoms with Gasteiger partial charge in [-0.05, 0) is 24.5 Å². The largest absolute Gasteiger partial charge is 0.338 e. The third-order valence-corrected chi connectivity index (χ3v) is 5.61. The Bertz CT molecular complexity index is 1080. The Morgan fingerprint density at radius 2 is 2.08 bits per heavy atom. The van der Waals surface area contributed by atoms with Gasteiger partial charge in [-0.2, -0.15) is 5.10 Å². The van der Waals surface area contributed by atoms with Crippen molar-refractivity contribution in [2.45, 2.75) is 18.9 Å². The van der Waals surface area contributed by atoms with Crippen molar-refractivity contribution in [2.24, 2.45) is 13.0 Å². The van der Waals surface area contributed by atoms with Gasteiger partial charge >= 0.3 is 0 Å². The zero-order chi connectivity index (χ0) is 17.8. The van der Waals surface area contributed by atoms with Crippen molar-refractivity contribution < 1.29 is 4.79 Å². The van der Waals surface area contributed by atoms with Crippen molar-refractivity contribution in [1.82, 2.24) is 24.2 Å². The molecule has 2 atom stereocenters. The first-order valence-electron chi connectivity index (χ1n) is 8.87. The monoisotopic (exact) mass is 349 g/mol.